The van der Waals surface area contributed by atoms with Crippen LogP contribution in [0.2, 0.25) is 0 Å². The van der Waals surface area contributed by atoms with Crippen LogP contribution in [0.15, 0.2) is 177 Å². The van der Waals surface area contributed by atoms with E-state index in [0.717, 1.165) is 173 Å². The molecule has 10 aromatic rings. The lowest BCUT2D eigenvalue weighted by Crippen LogP contribution is -2.43. The molecule has 0 amide bonds. The van der Waals surface area contributed by atoms with Gasteiger partial charge in [-0.25, -0.2) is 0 Å². The average molecular weight is 1650 g/mol. The minimum absolute atomic E-state index is 0.0980. The molecule has 28 heteroatoms. The number of carboxylic acids is 2. The summed E-state index contributed by atoms with van der Waals surface area (Å²) < 4.78 is 50.4. The van der Waals surface area contributed by atoms with Crippen molar-refractivity contribution in [2.75, 3.05) is 87.9 Å². The first-order valence-corrected chi connectivity index (χ1v) is 42.3. The molecule has 5 fully saturated rings. The van der Waals surface area contributed by atoms with Crippen molar-refractivity contribution in [1.82, 2.24) is 24.9 Å². The van der Waals surface area contributed by atoms with E-state index in [1.165, 1.54) is 35.3 Å². The lowest BCUT2D eigenvalue weighted by Gasteiger charge is -2.38. The molecule has 5 aliphatic carbocycles. The predicted octanol–water partition coefficient (Wildman–Crippen LogP) is 17.9. The number of rotatable bonds is 31. The molecule has 5 heterocycles. The van der Waals surface area contributed by atoms with Crippen LogP contribution in [0.5, 0.6) is 28.7 Å². The zero-order valence-corrected chi connectivity index (χ0v) is 69.2. The van der Waals surface area contributed by atoms with Gasteiger partial charge >= 0.3 is 29.8 Å². The lowest BCUT2D eigenvalue weighted by molar-refractivity contribution is -0.149. The van der Waals surface area contributed by atoms with E-state index in [2.05, 4.69) is 24.9 Å². The van der Waals surface area contributed by atoms with Gasteiger partial charge in [0.15, 0.2) is 0 Å². The van der Waals surface area contributed by atoms with E-state index in [0.29, 0.717) is 85.1 Å². The number of aliphatic carboxylic acids is 2. The lowest BCUT2D eigenvalue weighted by atomic mass is 9.84. The Balaban J connectivity index is 0.000000141. The molecule has 0 aliphatic heterocycles. The Morgan fingerprint density at radius 3 is 0.816 bits per heavy atom. The first kappa shape index (κ1) is 86.0. The van der Waals surface area contributed by atoms with Crippen molar-refractivity contribution in [3.8, 4) is 28.7 Å². The normalized spacial score (nSPS) is 16.0. The highest BCUT2D eigenvalue weighted by Crippen LogP contribution is 2.55. The summed E-state index contributed by atoms with van der Waals surface area (Å²) in [6.45, 7) is 9.80. The number of hydrogen-bond donors (Lipinski definition) is 3. The van der Waals surface area contributed by atoms with Crippen molar-refractivity contribution >= 4 is 143 Å². The molecule has 604 valence electrons. The molecule has 15 rings (SSSR count). The van der Waals surface area contributed by atoms with E-state index in [1.54, 1.807) is 101 Å². The fourth-order valence-corrected chi connectivity index (χ4v) is 20.4. The molecule has 0 bridgehead atoms. The minimum atomic E-state index is -0.730. The summed E-state index contributed by atoms with van der Waals surface area (Å²) in [5, 5.41) is 33.5. The fraction of sp³-hybridized carbons (Fsp3) is 0.419. The Morgan fingerprint density at radius 1 is 0.333 bits per heavy atom. The van der Waals surface area contributed by atoms with Gasteiger partial charge in [0.2, 0.25) is 0 Å². The summed E-state index contributed by atoms with van der Waals surface area (Å²) in [5.41, 5.74) is 4.30. The van der Waals surface area contributed by atoms with Gasteiger partial charge in [0, 0.05) is 104 Å². The van der Waals surface area contributed by atoms with Crippen molar-refractivity contribution in [3.63, 3.8) is 0 Å². The number of phenols is 1. The summed E-state index contributed by atoms with van der Waals surface area (Å²) in [6.07, 6.45) is 21.8. The standard InChI is InChI=1S/C19H23NO4S.2C17H19NO4S.C17H19NO3S.C16H17NO3S/c1-3-23-18(21)19(8-4-9-19)25-17-7-10-20-16-6-5-14(13-15(16)17)24-12-11-22-2;2*1-21-9-10-22-12-3-4-14-13(11-12)15(5-8-18-14)23-17(16(19)20)6-2-7-17;1-3-21-16(19)17(8-4-9-17)22-15-7-10-18-14-6-5-12(20-2)11-13(14)15;1-2-20-15(19)16(7-3-8-16)21-14-6-9-17-13-5-4-11(18)10-12(13)14/h5-7,10,13H,3-4,8-9,11-12H2,1-2H3;2*3-5,8,11H,2,6-7,9-10H2,1H3,(H,19,20);5-7,10-11H,3-4,8-9H2,1-2H3;4-6,9-10,18H,2-3,7-8H2,1H3. The number of methoxy groups -OCH3 is 4. The monoisotopic (exact) mass is 1650 g/mol. The number of ether oxygens (including phenoxy) is 10. The number of pyridine rings is 5. The molecule has 5 aromatic heterocycles. The first-order valence-electron chi connectivity index (χ1n) is 38.3. The van der Waals surface area contributed by atoms with Crippen molar-refractivity contribution in [2.45, 2.75) is 165 Å². The first-order chi connectivity index (χ1) is 55.3. The van der Waals surface area contributed by atoms with Gasteiger partial charge in [-0.1, -0.05) is 0 Å². The molecule has 5 saturated carbocycles. The SMILES string of the molecule is CCOC(=O)C1(Sc2ccnc3ccc(O)cc23)CCC1.CCOC(=O)C1(Sc2ccnc3ccc(OC)cc23)CCC1.CCOC(=O)C1(Sc2ccnc3ccc(OCCOC)cc23)CCC1.COCCOc1ccc2nccc(SC3(C(=O)O)CCC3)c2c1.COCCOc1ccc2nccc(SC3(C(=O)O)CCC3)c2c1. The molecule has 5 aromatic carbocycles. The zero-order chi connectivity index (χ0) is 80.7. The van der Waals surface area contributed by atoms with Gasteiger partial charge < -0.3 is 62.7 Å². The summed E-state index contributed by atoms with van der Waals surface area (Å²) in [5.74, 6) is 1.45. The summed E-state index contributed by atoms with van der Waals surface area (Å²) >= 11 is 7.61. The van der Waals surface area contributed by atoms with Crippen molar-refractivity contribution in [2.24, 2.45) is 0 Å². The molecule has 0 spiro atoms. The van der Waals surface area contributed by atoms with Gasteiger partial charge in [0.1, 0.15) is 72.3 Å². The van der Waals surface area contributed by atoms with Gasteiger partial charge in [-0.05, 0) is 238 Å². The number of esters is 3. The number of carbonyl (C=O) groups excluding carboxylic acids is 3. The third kappa shape index (κ3) is 20.9. The van der Waals surface area contributed by atoms with Crippen LogP contribution >= 0.6 is 58.8 Å². The zero-order valence-electron chi connectivity index (χ0n) is 65.1. The molecule has 23 nitrogen and oxygen atoms in total. The predicted molar refractivity (Wildman–Crippen MR) is 446 cm³/mol. The molecular formula is C86H97N5O18S5. The van der Waals surface area contributed by atoms with E-state index >= 15 is 0 Å². The van der Waals surface area contributed by atoms with Crippen LogP contribution in [0.3, 0.4) is 0 Å². The fourth-order valence-electron chi connectivity index (χ4n) is 13.2. The van der Waals surface area contributed by atoms with Crippen molar-refractivity contribution < 1.29 is 86.7 Å². The molecular weight excluding hydrogens is 1550 g/mol. The van der Waals surface area contributed by atoms with Crippen molar-refractivity contribution in [3.05, 3.63) is 152 Å². The second-order valence-electron chi connectivity index (χ2n) is 27.7. The number of carboxylic acid groups (broad SMARTS) is 2. The van der Waals surface area contributed by atoms with Gasteiger partial charge in [-0.15, -0.1) is 58.8 Å². The number of phenolic OH excluding ortho intramolecular Hbond substituents is 1. The largest absolute Gasteiger partial charge is 0.508 e. The van der Waals surface area contributed by atoms with Gasteiger partial charge in [0.05, 0.1) is 74.3 Å². The molecule has 0 saturated heterocycles. The van der Waals surface area contributed by atoms with Crippen LogP contribution in [0, 0.1) is 0 Å². The average Bonchev–Trinajstić information content (AvgIpc) is 0.787. The number of benzene rings is 5. The quantitative estimate of drug-likeness (QED) is 0.0206. The third-order valence-electron chi connectivity index (χ3n) is 20.3. The van der Waals surface area contributed by atoms with E-state index in [1.807, 2.05) is 124 Å². The Hall–Kier alpha value is -8.87. The van der Waals surface area contributed by atoms with E-state index in [9.17, 15) is 39.3 Å². The Bertz CT molecular complexity index is 4860. The Morgan fingerprint density at radius 2 is 0.579 bits per heavy atom. The second kappa shape index (κ2) is 40.6. The third-order valence-corrected chi connectivity index (χ3v) is 28.1. The summed E-state index contributed by atoms with van der Waals surface area (Å²) in [6, 6.07) is 37.7. The van der Waals surface area contributed by atoms with Gasteiger partial charge in [-0.3, -0.25) is 48.9 Å². The molecule has 0 unspecified atom stereocenters. The number of fused-ring (bicyclic) bond motifs is 5. The summed E-state index contributed by atoms with van der Waals surface area (Å²) in [4.78, 5) is 87.0. The molecule has 0 atom stereocenters. The Kier molecular flexibility index (Phi) is 30.6. The number of carbonyl (C=O) groups is 5. The van der Waals surface area contributed by atoms with Crippen LogP contribution in [0.25, 0.3) is 54.5 Å². The van der Waals surface area contributed by atoms with Gasteiger partial charge in [-0.2, -0.15) is 0 Å². The number of hydrogen-bond acceptors (Lipinski definition) is 26. The number of thioether (sulfide) groups is 5. The van der Waals surface area contributed by atoms with Gasteiger partial charge in [0.25, 0.3) is 0 Å². The maximum absolute atomic E-state index is 12.4. The number of aromatic nitrogens is 5. The van der Waals surface area contributed by atoms with E-state index < -0.39 is 35.7 Å². The highest BCUT2D eigenvalue weighted by Gasteiger charge is 2.50. The molecule has 5 aliphatic rings. The molecule has 0 radical (unpaired) electrons. The number of nitrogens with zero attached hydrogens (tertiary/aromatic N) is 5. The topological polar surface area (TPSA) is 303 Å². The van der Waals surface area contributed by atoms with Crippen molar-refractivity contribution in [1.29, 1.82) is 0 Å². The number of aromatic hydroxyl groups is 1. The van der Waals surface area contributed by atoms with Crippen LogP contribution in [0.4, 0.5) is 0 Å². The maximum Gasteiger partial charge on any atom is 0.322 e. The van der Waals surface area contributed by atoms with E-state index in [-0.39, 0.29) is 23.7 Å². The summed E-state index contributed by atoms with van der Waals surface area (Å²) in [7, 11) is 6.56. The van der Waals surface area contributed by atoms with E-state index in [4.69, 9.17) is 47.4 Å². The van der Waals surface area contributed by atoms with Crippen LogP contribution in [0.1, 0.15) is 117 Å². The van der Waals surface area contributed by atoms with Crippen LogP contribution in [-0.2, 0) is 52.4 Å². The van der Waals surface area contributed by atoms with Crippen LogP contribution in [-0.4, -0.2) is 182 Å². The molecule has 114 heavy (non-hydrogen) atoms. The Labute approximate surface area is 684 Å². The molecule has 3 N–H and O–H groups in total. The minimum Gasteiger partial charge on any atom is -0.508 e. The maximum atomic E-state index is 12.4. The highest BCUT2D eigenvalue weighted by molar-refractivity contribution is 8.02. The highest BCUT2D eigenvalue weighted by atomic mass is 32.2. The van der Waals surface area contributed by atoms with Crippen LogP contribution < -0.4 is 18.9 Å². The smallest absolute Gasteiger partial charge is 0.322 e. The second-order valence-corrected chi connectivity index (χ2v) is 34.8.